The van der Waals surface area contributed by atoms with Crippen molar-refractivity contribution in [2.75, 3.05) is 31.3 Å². The molecule has 4 rings (SSSR count). The third-order valence-corrected chi connectivity index (χ3v) is 4.65. The largest absolute Gasteiger partial charge is 0.487 e. The fourth-order valence-electron chi connectivity index (χ4n) is 3.39. The normalized spacial score (nSPS) is 19.6. The van der Waals surface area contributed by atoms with E-state index in [-0.39, 0.29) is 35.0 Å². The summed E-state index contributed by atoms with van der Waals surface area (Å²) in [5.41, 5.74) is 4.77. The van der Waals surface area contributed by atoms with E-state index in [2.05, 4.69) is 0 Å². The molecule has 0 aliphatic carbocycles. The standard InChI is InChI=1S/C16H15F2N3O4/c17-2-8-6-25-15-12-9(14(22)10(16(23)24)5-21(8)12)1-11(18)13(15)20-3-7(19)4-20/h1,5,7-8H,2-4,6,19H2,(H,23,24). The molecule has 2 aliphatic rings. The van der Waals surface area contributed by atoms with Gasteiger partial charge in [-0.3, -0.25) is 4.79 Å². The van der Waals surface area contributed by atoms with Gasteiger partial charge in [-0.05, 0) is 6.07 Å². The van der Waals surface area contributed by atoms with Gasteiger partial charge in [-0.1, -0.05) is 0 Å². The number of benzene rings is 1. The van der Waals surface area contributed by atoms with E-state index < -0.39 is 35.5 Å². The molecule has 0 amide bonds. The van der Waals surface area contributed by atoms with Crippen LogP contribution in [0.25, 0.3) is 10.9 Å². The van der Waals surface area contributed by atoms with E-state index in [4.69, 9.17) is 10.5 Å². The molecule has 9 heteroatoms. The van der Waals surface area contributed by atoms with E-state index >= 15 is 0 Å². The van der Waals surface area contributed by atoms with Crippen LogP contribution in [0, 0.1) is 5.82 Å². The van der Waals surface area contributed by atoms with Gasteiger partial charge in [0.1, 0.15) is 24.5 Å². The Hall–Kier alpha value is -2.68. The van der Waals surface area contributed by atoms with Gasteiger partial charge in [0.2, 0.25) is 5.43 Å². The van der Waals surface area contributed by atoms with Crippen molar-refractivity contribution in [1.29, 1.82) is 0 Å². The molecule has 1 aromatic heterocycles. The Morgan fingerprint density at radius 3 is 2.76 bits per heavy atom. The van der Waals surface area contributed by atoms with Crippen molar-refractivity contribution in [3.05, 3.63) is 33.9 Å². The average molecular weight is 351 g/mol. The maximum atomic E-state index is 14.7. The first-order chi connectivity index (χ1) is 11.9. The summed E-state index contributed by atoms with van der Waals surface area (Å²) < 4.78 is 35.0. The maximum absolute atomic E-state index is 14.7. The first kappa shape index (κ1) is 15.8. The second-order valence-corrected chi connectivity index (χ2v) is 6.30. The molecule has 1 fully saturated rings. The van der Waals surface area contributed by atoms with Gasteiger partial charge in [0.15, 0.2) is 11.6 Å². The minimum Gasteiger partial charge on any atom is -0.487 e. The second kappa shape index (κ2) is 5.41. The van der Waals surface area contributed by atoms with Crippen molar-refractivity contribution in [2.45, 2.75) is 12.1 Å². The van der Waals surface area contributed by atoms with Crippen molar-refractivity contribution in [3.8, 4) is 5.75 Å². The summed E-state index contributed by atoms with van der Waals surface area (Å²) in [6.45, 7) is -0.0276. The predicted octanol–water partition coefficient (Wildman–Crippen LogP) is 0.889. The predicted molar refractivity (Wildman–Crippen MR) is 85.8 cm³/mol. The molecule has 7 nitrogen and oxygen atoms in total. The zero-order valence-electron chi connectivity index (χ0n) is 13.0. The average Bonchev–Trinajstić information content (AvgIpc) is 2.55. The number of carbonyl (C=O) groups is 1. The highest BCUT2D eigenvalue weighted by Crippen LogP contribution is 2.43. The molecular weight excluding hydrogens is 336 g/mol. The summed E-state index contributed by atoms with van der Waals surface area (Å²) >= 11 is 0. The van der Waals surface area contributed by atoms with Gasteiger partial charge in [0, 0.05) is 25.3 Å². The van der Waals surface area contributed by atoms with Crippen molar-refractivity contribution in [1.82, 2.24) is 4.57 Å². The molecule has 1 unspecified atom stereocenters. The van der Waals surface area contributed by atoms with Gasteiger partial charge in [-0.15, -0.1) is 0 Å². The number of alkyl halides is 1. The van der Waals surface area contributed by atoms with E-state index in [0.717, 1.165) is 12.3 Å². The smallest absolute Gasteiger partial charge is 0.341 e. The number of rotatable bonds is 3. The number of nitrogens with two attached hydrogens (primary N) is 1. The topological polar surface area (TPSA) is 97.8 Å². The Balaban J connectivity index is 2.07. The molecule has 0 radical (unpaired) electrons. The van der Waals surface area contributed by atoms with Crippen LogP contribution in [0.2, 0.25) is 0 Å². The third-order valence-electron chi connectivity index (χ3n) is 4.65. The monoisotopic (exact) mass is 351 g/mol. The maximum Gasteiger partial charge on any atom is 0.341 e. The molecule has 3 heterocycles. The van der Waals surface area contributed by atoms with Crippen molar-refractivity contribution < 1.29 is 23.4 Å². The molecule has 0 bridgehead atoms. The zero-order valence-corrected chi connectivity index (χ0v) is 13.0. The summed E-state index contributed by atoms with van der Waals surface area (Å²) in [5, 5.41) is 9.09. The summed E-state index contributed by atoms with van der Waals surface area (Å²) in [5.74, 6) is -2.01. The van der Waals surface area contributed by atoms with Gasteiger partial charge in [-0.2, -0.15) is 0 Å². The van der Waals surface area contributed by atoms with E-state index in [1.54, 1.807) is 4.90 Å². The summed E-state index contributed by atoms with van der Waals surface area (Å²) in [4.78, 5) is 25.4. The lowest BCUT2D eigenvalue weighted by Crippen LogP contribution is -2.56. The molecule has 0 spiro atoms. The Morgan fingerprint density at radius 2 is 2.16 bits per heavy atom. The lowest BCUT2D eigenvalue weighted by Gasteiger charge is -2.41. The number of aromatic nitrogens is 1. The molecule has 1 atom stereocenters. The summed E-state index contributed by atoms with van der Waals surface area (Å²) in [6, 6.07) is 0.125. The first-order valence-electron chi connectivity index (χ1n) is 7.76. The molecule has 132 valence electrons. The third kappa shape index (κ3) is 2.19. The zero-order chi connectivity index (χ0) is 17.9. The van der Waals surface area contributed by atoms with Crippen LogP contribution >= 0.6 is 0 Å². The highest BCUT2D eigenvalue weighted by Gasteiger charge is 2.34. The summed E-state index contributed by atoms with van der Waals surface area (Å²) in [6.07, 6.45) is 1.10. The molecular formula is C16H15F2N3O4. The second-order valence-electron chi connectivity index (χ2n) is 6.30. The van der Waals surface area contributed by atoms with Crippen LogP contribution in [0.1, 0.15) is 16.4 Å². The highest BCUT2D eigenvalue weighted by molar-refractivity contribution is 5.97. The highest BCUT2D eigenvalue weighted by atomic mass is 19.1. The van der Waals surface area contributed by atoms with Gasteiger partial charge >= 0.3 is 5.97 Å². The quantitative estimate of drug-likeness (QED) is 0.852. The SMILES string of the molecule is NC1CN(c2c(F)cc3c(=O)c(C(=O)O)cn4c3c2OCC4CF)C1. The lowest BCUT2D eigenvalue weighted by molar-refractivity contribution is 0.0694. The summed E-state index contributed by atoms with van der Waals surface area (Å²) in [7, 11) is 0. The van der Waals surface area contributed by atoms with E-state index in [1.807, 2.05) is 0 Å². The minimum absolute atomic E-state index is 0.0824. The van der Waals surface area contributed by atoms with Crippen LogP contribution in [0.5, 0.6) is 5.75 Å². The number of anilines is 1. The Kier molecular flexibility index (Phi) is 3.43. The number of hydrogen-bond acceptors (Lipinski definition) is 5. The fraction of sp³-hybridized carbons (Fsp3) is 0.375. The van der Waals surface area contributed by atoms with E-state index in [1.165, 1.54) is 4.57 Å². The number of ether oxygens (including phenoxy) is 1. The van der Waals surface area contributed by atoms with Gasteiger partial charge < -0.3 is 25.0 Å². The Labute approximate surface area is 140 Å². The number of nitrogens with zero attached hydrogens (tertiary/aromatic N) is 2. The molecule has 2 aromatic rings. The number of aromatic carboxylic acids is 1. The van der Waals surface area contributed by atoms with Crippen LogP contribution in [0.3, 0.4) is 0 Å². The molecule has 25 heavy (non-hydrogen) atoms. The van der Waals surface area contributed by atoms with E-state index in [0.29, 0.717) is 13.1 Å². The molecule has 1 saturated heterocycles. The van der Waals surface area contributed by atoms with Gasteiger partial charge in [0.05, 0.1) is 16.9 Å². The van der Waals surface area contributed by atoms with Crippen LogP contribution in [0.15, 0.2) is 17.1 Å². The number of carboxylic acids is 1. The van der Waals surface area contributed by atoms with E-state index in [9.17, 15) is 23.5 Å². The lowest BCUT2D eigenvalue weighted by atomic mass is 10.0. The van der Waals surface area contributed by atoms with Gasteiger partial charge in [-0.25, -0.2) is 13.6 Å². The minimum atomic E-state index is -1.44. The molecule has 2 aliphatic heterocycles. The number of carboxylic acid groups (broad SMARTS) is 1. The number of halogens is 2. The van der Waals surface area contributed by atoms with Crippen LogP contribution in [-0.4, -0.2) is 48.1 Å². The fourth-order valence-corrected chi connectivity index (χ4v) is 3.39. The van der Waals surface area contributed by atoms with Crippen LogP contribution < -0.4 is 20.8 Å². The number of hydrogen-bond donors (Lipinski definition) is 2. The Bertz CT molecular complexity index is 953. The van der Waals surface area contributed by atoms with Crippen molar-refractivity contribution in [3.63, 3.8) is 0 Å². The molecule has 0 saturated carbocycles. The van der Waals surface area contributed by atoms with Crippen LogP contribution in [-0.2, 0) is 0 Å². The first-order valence-corrected chi connectivity index (χ1v) is 7.76. The van der Waals surface area contributed by atoms with Gasteiger partial charge in [0.25, 0.3) is 0 Å². The Morgan fingerprint density at radius 1 is 1.44 bits per heavy atom. The molecule has 3 N–H and O–H groups in total. The van der Waals surface area contributed by atoms with Crippen molar-refractivity contribution >= 4 is 22.6 Å². The number of pyridine rings is 1. The molecule has 1 aromatic carbocycles. The van der Waals surface area contributed by atoms with Crippen LogP contribution in [0.4, 0.5) is 14.5 Å². The van der Waals surface area contributed by atoms with Crippen molar-refractivity contribution in [2.24, 2.45) is 5.73 Å².